The molecule has 0 amide bonds. The number of carbonyl (C=O) groups is 1. The first kappa shape index (κ1) is 15.0. The quantitative estimate of drug-likeness (QED) is 0.738. The van der Waals surface area contributed by atoms with Crippen LogP contribution < -0.4 is 5.32 Å². The predicted molar refractivity (Wildman–Crippen MR) is 73.0 cm³/mol. The van der Waals surface area contributed by atoms with E-state index in [0.717, 1.165) is 16.5 Å². The van der Waals surface area contributed by atoms with Crippen molar-refractivity contribution >= 4 is 17.7 Å². The van der Waals surface area contributed by atoms with Crippen molar-refractivity contribution in [3.63, 3.8) is 0 Å². The summed E-state index contributed by atoms with van der Waals surface area (Å²) in [5.74, 6) is -0.0551. The van der Waals surface area contributed by atoms with E-state index in [4.69, 9.17) is 0 Å². The lowest BCUT2D eigenvalue weighted by Gasteiger charge is -2.25. The van der Waals surface area contributed by atoms with Gasteiger partial charge < -0.3 is 10.4 Å². The molecular formula is C12H21N3O2S. The number of aliphatic carboxylic acids is 1. The van der Waals surface area contributed by atoms with Gasteiger partial charge in [0.25, 0.3) is 0 Å². The van der Waals surface area contributed by atoms with E-state index in [-0.39, 0.29) is 0 Å². The Balaban J connectivity index is 2.54. The maximum Gasteiger partial charge on any atom is 0.323 e. The molecule has 2 N–H and O–H groups in total. The fourth-order valence-corrected chi connectivity index (χ4v) is 2.94. The van der Waals surface area contributed by atoms with Crippen molar-refractivity contribution in [2.75, 3.05) is 12.3 Å². The van der Waals surface area contributed by atoms with Gasteiger partial charge >= 0.3 is 5.97 Å². The minimum absolute atomic E-state index is 0.574. The molecule has 1 unspecified atom stereocenters. The number of carboxylic acids is 1. The summed E-state index contributed by atoms with van der Waals surface area (Å²) in [5.41, 5.74) is 0.128. The summed E-state index contributed by atoms with van der Waals surface area (Å²) in [5, 5.41) is 17.6. The van der Waals surface area contributed by atoms with Crippen LogP contribution in [0.5, 0.6) is 0 Å². The topological polar surface area (TPSA) is 67.2 Å². The number of hydrogen-bond donors (Lipinski definition) is 2. The number of carboxylic acid groups (broad SMARTS) is 1. The zero-order valence-corrected chi connectivity index (χ0v) is 12.2. The number of hydrogen-bond acceptors (Lipinski definition) is 4. The van der Waals surface area contributed by atoms with Gasteiger partial charge in [-0.05, 0) is 32.9 Å². The highest BCUT2D eigenvalue weighted by Crippen LogP contribution is 2.22. The molecule has 5 nitrogen and oxygen atoms in total. The summed E-state index contributed by atoms with van der Waals surface area (Å²) in [6.45, 7) is 6.25. The normalized spacial score (nSPS) is 14.4. The van der Waals surface area contributed by atoms with Crippen molar-refractivity contribution in [3.05, 3.63) is 11.8 Å². The van der Waals surface area contributed by atoms with Gasteiger partial charge in [-0.2, -0.15) is 5.10 Å². The van der Waals surface area contributed by atoms with E-state index >= 15 is 0 Å². The lowest BCUT2D eigenvalue weighted by molar-refractivity contribution is -0.144. The lowest BCUT2D eigenvalue weighted by atomic mass is 9.99. The van der Waals surface area contributed by atoms with E-state index in [1.165, 1.54) is 0 Å². The molecule has 0 saturated carbocycles. The number of rotatable bonds is 7. The number of aromatic nitrogens is 2. The largest absolute Gasteiger partial charge is 0.480 e. The minimum atomic E-state index is -0.852. The first-order valence-electron chi connectivity index (χ1n) is 6.01. The van der Waals surface area contributed by atoms with E-state index in [9.17, 15) is 9.90 Å². The SMILES string of the molecule is CCNC(C)(CCSc1cc(C)nn1C)C(=O)O. The summed E-state index contributed by atoms with van der Waals surface area (Å²) in [6, 6.07) is 2.01. The first-order chi connectivity index (χ1) is 8.39. The molecule has 0 aliphatic carbocycles. The van der Waals surface area contributed by atoms with E-state index < -0.39 is 11.5 Å². The second-order valence-corrected chi connectivity index (χ2v) is 5.63. The third-order valence-corrected chi connectivity index (χ3v) is 3.94. The van der Waals surface area contributed by atoms with Gasteiger partial charge in [-0.3, -0.25) is 9.48 Å². The molecule has 0 aromatic carbocycles. The summed E-state index contributed by atoms with van der Waals surface area (Å²) in [4.78, 5) is 11.2. The number of nitrogens with zero attached hydrogens (tertiary/aromatic N) is 2. The molecule has 0 radical (unpaired) electrons. The van der Waals surface area contributed by atoms with Crippen LogP contribution in [0, 0.1) is 6.92 Å². The van der Waals surface area contributed by atoms with Gasteiger partial charge in [0, 0.05) is 12.8 Å². The van der Waals surface area contributed by atoms with Crippen LogP contribution in [-0.2, 0) is 11.8 Å². The Morgan fingerprint density at radius 2 is 2.33 bits per heavy atom. The van der Waals surface area contributed by atoms with Crippen LogP contribution in [-0.4, -0.2) is 38.7 Å². The Hall–Kier alpha value is -1.01. The Labute approximate surface area is 112 Å². The molecule has 1 aromatic heterocycles. The standard InChI is InChI=1S/C12H21N3O2S/c1-5-13-12(3,11(16)17)6-7-18-10-8-9(2)14-15(10)4/h8,13H,5-7H2,1-4H3,(H,16,17). The zero-order valence-electron chi connectivity index (χ0n) is 11.4. The first-order valence-corrected chi connectivity index (χ1v) is 6.99. The molecule has 0 spiro atoms. The van der Waals surface area contributed by atoms with Gasteiger partial charge in [-0.1, -0.05) is 6.92 Å². The molecular weight excluding hydrogens is 250 g/mol. The highest BCUT2D eigenvalue weighted by molar-refractivity contribution is 7.99. The third kappa shape index (κ3) is 3.74. The molecule has 18 heavy (non-hydrogen) atoms. The molecule has 0 aliphatic rings. The third-order valence-electron chi connectivity index (χ3n) is 2.85. The highest BCUT2D eigenvalue weighted by atomic mass is 32.2. The van der Waals surface area contributed by atoms with Crippen molar-refractivity contribution in [2.24, 2.45) is 7.05 Å². The summed E-state index contributed by atoms with van der Waals surface area (Å²) in [7, 11) is 1.90. The molecule has 0 bridgehead atoms. The average molecular weight is 271 g/mol. The number of nitrogens with one attached hydrogen (secondary N) is 1. The highest BCUT2D eigenvalue weighted by Gasteiger charge is 2.31. The van der Waals surface area contributed by atoms with Crippen LogP contribution in [0.1, 0.15) is 26.0 Å². The predicted octanol–water partition coefficient (Wildman–Crippen LogP) is 1.66. The fraction of sp³-hybridized carbons (Fsp3) is 0.667. The van der Waals surface area contributed by atoms with E-state index in [0.29, 0.717) is 13.0 Å². The van der Waals surface area contributed by atoms with Gasteiger partial charge in [0.05, 0.1) is 10.7 Å². The Kier molecular flexibility index (Phi) is 5.22. The van der Waals surface area contributed by atoms with Crippen LogP contribution in [0.3, 0.4) is 0 Å². The van der Waals surface area contributed by atoms with Crippen LogP contribution in [0.15, 0.2) is 11.1 Å². The van der Waals surface area contributed by atoms with Crippen molar-refractivity contribution in [2.45, 2.75) is 37.8 Å². The molecule has 102 valence electrons. The zero-order chi connectivity index (χ0) is 13.8. The molecule has 0 saturated heterocycles. The van der Waals surface area contributed by atoms with Crippen molar-refractivity contribution in [1.82, 2.24) is 15.1 Å². The van der Waals surface area contributed by atoms with Crippen LogP contribution in [0.2, 0.25) is 0 Å². The maximum absolute atomic E-state index is 11.2. The molecule has 1 rings (SSSR count). The van der Waals surface area contributed by atoms with Gasteiger partial charge in [-0.25, -0.2) is 0 Å². The molecule has 1 atom stereocenters. The van der Waals surface area contributed by atoms with Crippen LogP contribution in [0.25, 0.3) is 0 Å². The summed E-state index contributed by atoms with van der Waals surface area (Å²) >= 11 is 1.64. The number of likely N-dealkylation sites (N-methyl/N-ethyl adjacent to an activating group) is 1. The molecule has 0 aliphatic heterocycles. The van der Waals surface area contributed by atoms with E-state index in [1.54, 1.807) is 18.7 Å². The maximum atomic E-state index is 11.2. The minimum Gasteiger partial charge on any atom is -0.480 e. The Morgan fingerprint density at radius 1 is 1.67 bits per heavy atom. The molecule has 6 heteroatoms. The fourth-order valence-electron chi connectivity index (χ4n) is 1.74. The van der Waals surface area contributed by atoms with Gasteiger partial charge in [0.2, 0.25) is 0 Å². The molecule has 0 fully saturated rings. The smallest absolute Gasteiger partial charge is 0.323 e. The molecule has 1 aromatic rings. The van der Waals surface area contributed by atoms with Gasteiger partial charge in [0.15, 0.2) is 0 Å². The number of thioether (sulfide) groups is 1. The van der Waals surface area contributed by atoms with Gasteiger partial charge in [-0.15, -0.1) is 11.8 Å². The number of aryl methyl sites for hydroxylation is 2. The second-order valence-electron chi connectivity index (χ2n) is 4.51. The Bertz CT molecular complexity index is 419. The Morgan fingerprint density at radius 3 is 2.78 bits per heavy atom. The van der Waals surface area contributed by atoms with E-state index in [2.05, 4.69) is 10.4 Å². The van der Waals surface area contributed by atoms with Crippen molar-refractivity contribution in [3.8, 4) is 0 Å². The van der Waals surface area contributed by atoms with Crippen LogP contribution in [0.4, 0.5) is 0 Å². The lowest BCUT2D eigenvalue weighted by Crippen LogP contribution is -2.49. The van der Waals surface area contributed by atoms with E-state index in [1.807, 2.05) is 31.6 Å². The average Bonchev–Trinajstić information content (AvgIpc) is 2.57. The summed E-state index contributed by atoms with van der Waals surface area (Å²) < 4.78 is 1.82. The summed E-state index contributed by atoms with van der Waals surface area (Å²) in [6.07, 6.45) is 0.574. The molecule has 1 heterocycles. The second kappa shape index (κ2) is 6.24. The van der Waals surface area contributed by atoms with Crippen LogP contribution >= 0.6 is 11.8 Å². The van der Waals surface area contributed by atoms with Crippen molar-refractivity contribution in [1.29, 1.82) is 0 Å². The van der Waals surface area contributed by atoms with Crippen molar-refractivity contribution < 1.29 is 9.90 Å². The monoisotopic (exact) mass is 271 g/mol. The van der Waals surface area contributed by atoms with Gasteiger partial charge in [0.1, 0.15) is 5.54 Å².